The molecule has 138 valence electrons. The van der Waals surface area contributed by atoms with Gasteiger partial charge >= 0.3 is 0 Å². The van der Waals surface area contributed by atoms with Crippen LogP contribution in [0.15, 0.2) is 30.3 Å². The van der Waals surface area contributed by atoms with E-state index in [1.165, 1.54) is 5.56 Å². The van der Waals surface area contributed by atoms with Crippen LogP contribution in [0.2, 0.25) is 0 Å². The molecular weight excluding hydrogens is 345 g/mol. The zero-order valence-corrected chi connectivity index (χ0v) is 16.3. The van der Waals surface area contributed by atoms with E-state index in [0.29, 0.717) is 18.5 Å². The first-order chi connectivity index (χ1) is 10.7. The van der Waals surface area contributed by atoms with Gasteiger partial charge in [-0.3, -0.25) is 9.69 Å². The maximum Gasteiger partial charge on any atom is 0.220 e. The van der Waals surface area contributed by atoms with E-state index in [2.05, 4.69) is 52.8 Å². The molecule has 1 heterocycles. The van der Waals surface area contributed by atoms with Crippen molar-refractivity contribution in [2.24, 2.45) is 0 Å². The van der Waals surface area contributed by atoms with Crippen LogP contribution in [0.25, 0.3) is 0 Å². The van der Waals surface area contributed by atoms with E-state index < -0.39 is 0 Å². The van der Waals surface area contributed by atoms with Gasteiger partial charge in [-0.2, -0.15) is 0 Å². The monoisotopic (exact) mass is 375 g/mol. The van der Waals surface area contributed by atoms with Crippen molar-refractivity contribution in [1.82, 2.24) is 15.5 Å². The molecule has 0 aromatic heterocycles. The Labute approximate surface area is 158 Å². The number of nitrogens with zero attached hydrogens (tertiary/aromatic N) is 1. The van der Waals surface area contributed by atoms with Gasteiger partial charge in [-0.05, 0) is 45.3 Å². The fourth-order valence-corrected chi connectivity index (χ4v) is 3.13. The Morgan fingerprint density at radius 1 is 1.25 bits per heavy atom. The molecule has 2 unspecified atom stereocenters. The van der Waals surface area contributed by atoms with Crippen molar-refractivity contribution in [3.8, 4) is 0 Å². The normalized spacial score (nSPS) is 20.6. The molecule has 1 aliphatic heterocycles. The van der Waals surface area contributed by atoms with Crippen molar-refractivity contribution in [3.05, 3.63) is 35.9 Å². The van der Waals surface area contributed by atoms with Gasteiger partial charge in [-0.15, -0.1) is 24.8 Å². The molecule has 0 saturated carbocycles. The van der Waals surface area contributed by atoms with Gasteiger partial charge in [0.2, 0.25) is 5.91 Å². The molecule has 2 rings (SSSR count). The zero-order valence-electron chi connectivity index (χ0n) is 14.7. The van der Waals surface area contributed by atoms with Gasteiger partial charge in [0, 0.05) is 31.6 Å². The van der Waals surface area contributed by atoms with E-state index in [-0.39, 0.29) is 30.7 Å². The van der Waals surface area contributed by atoms with Gasteiger partial charge in [0.25, 0.3) is 0 Å². The Bertz CT molecular complexity index is 459. The summed E-state index contributed by atoms with van der Waals surface area (Å²) in [5, 5.41) is 6.28. The molecule has 1 aromatic rings. The number of rotatable bonds is 7. The van der Waals surface area contributed by atoms with Crippen LogP contribution < -0.4 is 10.6 Å². The lowest BCUT2D eigenvalue weighted by molar-refractivity contribution is -0.122. The Balaban J connectivity index is 0.00000264. The molecule has 2 N–H and O–H groups in total. The van der Waals surface area contributed by atoms with Crippen LogP contribution in [0.3, 0.4) is 0 Å². The number of likely N-dealkylation sites (tertiary alicyclic amines) is 1. The lowest BCUT2D eigenvalue weighted by Crippen LogP contribution is -2.48. The van der Waals surface area contributed by atoms with Gasteiger partial charge in [-0.25, -0.2) is 0 Å². The molecule has 1 amide bonds. The van der Waals surface area contributed by atoms with Crippen molar-refractivity contribution in [2.75, 3.05) is 20.1 Å². The topological polar surface area (TPSA) is 44.4 Å². The van der Waals surface area contributed by atoms with Crippen LogP contribution in [-0.2, 0) is 11.3 Å². The van der Waals surface area contributed by atoms with Crippen LogP contribution in [0.5, 0.6) is 0 Å². The zero-order chi connectivity index (χ0) is 15.8. The van der Waals surface area contributed by atoms with Gasteiger partial charge < -0.3 is 10.6 Å². The molecule has 6 heteroatoms. The first kappa shape index (κ1) is 23.2. The third-order valence-electron chi connectivity index (χ3n) is 4.44. The maximum atomic E-state index is 11.9. The Kier molecular flexibility index (Phi) is 12.1. The fraction of sp³-hybridized carbons (Fsp3) is 0.611. The molecule has 1 aliphatic rings. The van der Waals surface area contributed by atoms with Crippen molar-refractivity contribution in [3.63, 3.8) is 0 Å². The van der Waals surface area contributed by atoms with Crippen LogP contribution in [-0.4, -0.2) is 43.0 Å². The number of nitrogens with one attached hydrogen (secondary N) is 2. The van der Waals surface area contributed by atoms with Crippen molar-refractivity contribution >= 4 is 30.7 Å². The predicted octanol–water partition coefficient (Wildman–Crippen LogP) is 3.00. The predicted molar refractivity (Wildman–Crippen MR) is 105 cm³/mol. The average molecular weight is 376 g/mol. The summed E-state index contributed by atoms with van der Waals surface area (Å²) in [6.07, 6.45) is 3.63. The minimum atomic E-state index is 0. The summed E-state index contributed by atoms with van der Waals surface area (Å²) in [5.74, 6) is 0.198. The highest BCUT2D eigenvalue weighted by Gasteiger charge is 2.26. The summed E-state index contributed by atoms with van der Waals surface area (Å²) >= 11 is 0. The van der Waals surface area contributed by atoms with Crippen molar-refractivity contribution in [1.29, 1.82) is 0 Å². The first-order valence-electron chi connectivity index (χ1n) is 8.41. The number of hydrogen-bond donors (Lipinski definition) is 2. The molecule has 1 saturated heterocycles. The fourth-order valence-electron chi connectivity index (χ4n) is 3.13. The highest BCUT2D eigenvalue weighted by atomic mass is 35.5. The number of piperidine rings is 1. The van der Waals surface area contributed by atoms with Gasteiger partial charge in [0.1, 0.15) is 0 Å². The van der Waals surface area contributed by atoms with Gasteiger partial charge in [0.05, 0.1) is 0 Å². The standard InChI is InChI=1S/C18H29N3O.2ClH/c1-15-13-17(20-18(22)9-6-11-19-2)10-12-21(15)14-16-7-4-3-5-8-16;;/h3-5,7-8,15,17,19H,6,9-14H2,1-2H3,(H,20,22);2*1H. The van der Waals surface area contributed by atoms with Crippen LogP contribution in [0, 0.1) is 0 Å². The van der Waals surface area contributed by atoms with E-state index in [1.807, 2.05) is 7.05 Å². The Hall–Kier alpha value is -0.810. The van der Waals surface area contributed by atoms with Crippen LogP contribution >= 0.6 is 24.8 Å². The Morgan fingerprint density at radius 3 is 2.58 bits per heavy atom. The smallest absolute Gasteiger partial charge is 0.220 e. The lowest BCUT2D eigenvalue weighted by atomic mass is 9.97. The average Bonchev–Trinajstić information content (AvgIpc) is 2.51. The lowest BCUT2D eigenvalue weighted by Gasteiger charge is -2.38. The highest BCUT2D eigenvalue weighted by Crippen LogP contribution is 2.20. The van der Waals surface area contributed by atoms with E-state index in [1.54, 1.807) is 0 Å². The summed E-state index contributed by atoms with van der Waals surface area (Å²) in [5.41, 5.74) is 1.36. The number of benzene rings is 1. The van der Waals surface area contributed by atoms with Gasteiger partial charge in [-0.1, -0.05) is 30.3 Å². The van der Waals surface area contributed by atoms with E-state index in [9.17, 15) is 4.79 Å². The second kappa shape index (κ2) is 12.5. The molecule has 4 nitrogen and oxygen atoms in total. The largest absolute Gasteiger partial charge is 0.353 e. The number of halogens is 2. The molecule has 2 atom stereocenters. The minimum absolute atomic E-state index is 0. The van der Waals surface area contributed by atoms with Crippen molar-refractivity contribution < 1.29 is 4.79 Å². The number of hydrogen-bond acceptors (Lipinski definition) is 3. The van der Waals surface area contributed by atoms with E-state index in [4.69, 9.17) is 0 Å². The molecule has 0 radical (unpaired) electrons. The molecule has 24 heavy (non-hydrogen) atoms. The third-order valence-corrected chi connectivity index (χ3v) is 4.44. The summed E-state index contributed by atoms with van der Waals surface area (Å²) in [6, 6.07) is 11.5. The van der Waals surface area contributed by atoms with Crippen molar-refractivity contribution in [2.45, 2.75) is 51.2 Å². The maximum absolute atomic E-state index is 11.9. The first-order valence-corrected chi connectivity index (χ1v) is 8.41. The third kappa shape index (κ3) is 7.84. The van der Waals surface area contributed by atoms with Crippen LogP contribution in [0.4, 0.5) is 0 Å². The number of amides is 1. The summed E-state index contributed by atoms with van der Waals surface area (Å²) in [7, 11) is 1.92. The second-order valence-corrected chi connectivity index (χ2v) is 6.30. The molecule has 0 spiro atoms. The number of carbonyl (C=O) groups excluding carboxylic acids is 1. The molecule has 0 bridgehead atoms. The van der Waals surface area contributed by atoms with Crippen LogP contribution in [0.1, 0.15) is 38.2 Å². The Morgan fingerprint density at radius 2 is 1.96 bits per heavy atom. The minimum Gasteiger partial charge on any atom is -0.353 e. The molecule has 1 fully saturated rings. The molecule has 0 aliphatic carbocycles. The summed E-state index contributed by atoms with van der Waals surface area (Å²) < 4.78 is 0. The highest BCUT2D eigenvalue weighted by molar-refractivity contribution is 5.85. The molecule has 1 aromatic carbocycles. The van der Waals surface area contributed by atoms with Gasteiger partial charge in [0.15, 0.2) is 0 Å². The van der Waals surface area contributed by atoms with E-state index >= 15 is 0 Å². The quantitative estimate of drug-likeness (QED) is 0.719. The SMILES string of the molecule is CNCCCC(=O)NC1CCN(Cc2ccccc2)C(C)C1.Cl.Cl. The second-order valence-electron chi connectivity index (χ2n) is 6.30. The summed E-state index contributed by atoms with van der Waals surface area (Å²) in [6.45, 7) is 5.23. The molecular formula is C18H31Cl2N3O. The summed E-state index contributed by atoms with van der Waals surface area (Å²) in [4.78, 5) is 14.4. The van der Waals surface area contributed by atoms with E-state index in [0.717, 1.165) is 38.9 Å². The number of carbonyl (C=O) groups is 1.